The molecular weight excluding hydrogens is 354 g/mol. The van der Waals surface area contributed by atoms with Gasteiger partial charge in [0.05, 0.1) is 31.6 Å². The van der Waals surface area contributed by atoms with Gasteiger partial charge in [0.2, 0.25) is 0 Å². The highest BCUT2D eigenvalue weighted by atomic mass is 16.5. The summed E-state index contributed by atoms with van der Waals surface area (Å²) in [5.41, 5.74) is 4.95. The zero-order chi connectivity index (χ0) is 19.5. The van der Waals surface area contributed by atoms with Gasteiger partial charge in [-0.15, -0.1) is 0 Å². The monoisotopic (exact) mass is 373 g/mol. The van der Waals surface area contributed by atoms with E-state index in [1.54, 1.807) is 13.2 Å². The summed E-state index contributed by atoms with van der Waals surface area (Å²) in [7, 11) is 2.98. The summed E-state index contributed by atoms with van der Waals surface area (Å²) in [5, 5.41) is 4.78. The van der Waals surface area contributed by atoms with Gasteiger partial charge in [-0.05, 0) is 24.3 Å². The molecule has 0 saturated heterocycles. The molecule has 3 aromatic heterocycles. The molecule has 140 valence electrons. The second-order valence-electron chi connectivity index (χ2n) is 6.27. The summed E-state index contributed by atoms with van der Waals surface area (Å²) >= 11 is 0. The van der Waals surface area contributed by atoms with Crippen LogP contribution in [0.4, 0.5) is 0 Å². The molecule has 0 saturated carbocycles. The number of hydrogen-bond donors (Lipinski definition) is 0. The van der Waals surface area contributed by atoms with Gasteiger partial charge in [0, 0.05) is 23.2 Å². The molecule has 3 heterocycles. The Bertz CT molecular complexity index is 1140. The van der Waals surface area contributed by atoms with Crippen molar-refractivity contribution in [3.8, 4) is 17.0 Å². The molecule has 6 nitrogen and oxygen atoms in total. The van der Waals surface area contributed by atoms with E-state index in [0.29, 0.717) is 12.1 Å². The van der Waals surface area contributed by atoms with Crippen molar-refractivity contribution in [1.29, 1.82) is 0 Å². The molecule has 0 fully saturated rings. The van der Waals surface area contributed by atoms with Crippen LogP contribution in [0.3, 0.4) is 0 Å². The average Bonchev–Trinajstić information content (AvgIpc) is 3.11. The van der Waals surface area contributed by atoms with E-state index in [2.05, 4.69) is 4.98 Å². The van der Waals surface area contributed by atoms with Gasteiger partial charge >= 0.3 is 5.97 Å². The van der Waals surface area contributed by atoms with Crippen molar-refractivity contribution in [3.63, 3.8) is 0 Å². The first-order chi connectivity index (χ1) is 13.7. The van der Waals surface area contributed by atoms with Crippen LogP contribution < -0.4 is 4.74 Å². The summed E-state index contributed by atoms with van der Waals surface area (Å²) in [6.45, 7) is 0. The number of benzene rings is 1. The third kappa shape index (κ3) is 3.32. The molecule has 0 aliphatic carbocycles. The number of hydrogen-bond acceptors (Lipinski definition) is 5. The van der Waals surface area contributed by atoms with Crippen LogP contribution in [0.15, 0.2) is 66.9 Å². The van der Waals surface area contributed by atoms with Crippen molar-refractivity contribution in [2.45, 2.75) is 6.42 Å². The fourth-order valence-corrected chi connectivity index (χ4v) is 3.18. The quantitative estimate of drug-likeness (QED) is 0.498. The van der Waals surface area contributed by atoms with Crippen molar-refractivity contribution in [2.24, 2.45) is 0 Å². The van der Waals surface area contributed by atoms with Crippen molar-refractivity contribution in [3.05, 3.63) is 83.8 Å². The Morgan fingerprint density at radius 2 is 1.82 bits per heavy atom. The topological polar surface area (TPSA) is 65.7 Å². The Kier molecular flexibility index (Phi) is 4.76. The van der Waals surface area contributed by atoms with E-state index in [0.717, 1.165) is 33.8 Å². The van der Waals surface area contributed by atoms with Crippen molar-refractivity contribution >= 4 is 11.5 Å². The lowest BCUT2D eigenvalue weighted by Crippen LogP contribution is -2.06. The van der Waals surface area contributed by atoms with E-state index in [-0.39, 0.29) is 0 Å². The summed E-state index contributed by atoms with van der Waals surface area (Å²) in [4.78, 5) is 16.3. The van der Waals surface area contributed by atoms with Gasteiger partial charge in [0.1, 0.15) is 11.4 Å². The first-order valence-electron chi connectivity index (χ1n) is 8.84. The Morgan fingerprint density at radius 1 is 1.00 bits per heavy atom. The van der Waals surface area contributed by atoms with Gasteiger partial charge in [-0.1, -0.05) is 36.4 Å². The molecule has 6 heteroatoms. The van der Waals surface area contributed by atoms with E-state index >= 15 is 0 Å². The van der Waals surface area contributed by atoms with Crippen LogP contribution in [0.25, 0.3) is 16.8 Å². The number of ether oxygens (including phenoxy) is 2. The van der Waals surface area contributed by atoms with E-state index in [4.69, 9.17) is 14.6 Å². The minimum absolute atomic E-state index is 0.291. The minimum Gasteiger partial charge on any atom is -0.495 e. The van der Waals surface area contributed by atoms with E-state index in [1.165, 1.54) is 7.11 Å². The fourth-order valence-electron chi connectivity index (χ4n) is 3.18. The highest BCUT2D eigenvalue weighted by Gasteiger charge is 2.17. The molecule has 0 aliphatic rings. The van der Waals surface area contributed by atoms with Gasteiger partial charge in [-0.3, -0.25) is 0 Å². The van der Waals surface area contributed by atoms with Gasteiger partial charge in [0.25, 0.3) is 0 Å². The molecular formula is C22H19N3O3. The third-order valence-corrected chi connectivity index (χ3v) is 4.55. The van der Waals surface area contributed by atoms with Crippen molar-refractivity contribution in [2.75, 3.05) is 14.2 Å². The number of aromatic nitrogens is 3. The zero-order valence-electron chi connectivity index (χ0n) is 15.6. The highest BCUT2D eigenvalue weighted by Crippen LogP contribution is 2.29. The third-order valence-electron chi connectivity index (χ3n) is 4.55. The van der Waals surface area contributed by atoms with Crippen LogP contribution in [-0.2, 0) is 11.2 Å². The Labute approximate surface area is 162 Å². The maximum absolute atomic E-state index is 11.8. The Hall–Kier alpha value is -3.67. The molecule has 0 amide bonds. The van der Waals surface area contributed by atoms with Crippen molar-refractivity contribution in [1.82, 2.24) is 14.6 Å². The van der Waals surface area contributed by atoms with Crippen LogP contribution in [0.5, 0.6) is 5.75 Å². The number of nitrogens with zero attached hydrogens (tertiary/aromatic N) is 3. The number of fused-ring (bicyclic) bond motifs is 1. The predicted molar refractivity (Wildman–Crippen MR) is 106 cm³/mol. The maximum Gasteiger partial charge on any atom is 0.356 e. The second kappa shape index (κ2) is 7.52. The number of rotatable bonds is 5. The number of carbonyl (C=O) groups is 1. The van der Waals surface area contributed by atoms with E-state index in [9.17, 15) is 4.79 Å². The van der Waals surface area contributed by atoms with Gasteiger partial charge < -0.3 is 9.47 Å². The summed E-state index contributed by atoms with van der Waals surface area (Å²) in [6.07, 6.45) is 2.38. The summed E-state index contributed by atoms with van der Waals surface area (Å²) in [6, 6.07) is 19.3. The SMILES string of the molecule is COC(=O)c1cccc(Cc2c(-c3ccccc3)nn3cc(OC)ccc23)n1. The van der Waals surface area contributed by atoms with Crippen LogP contribution in [0, 0.1) is 0 Å². The Balaban J connectivity index is 1.84. The molecule has 4 aromatic rings. The first kappa shape index (κ1) is 17.7. The lowest BCUT2D eigenvalue weighted by molar-refractivity contribution is 0.0593. The largest absolute Gasteiger partial charge is 0.495 e. The fraction of sp³-hybridized carbons (Fsp3) is 0.136. The molecule has 0 unspecified atom stereocenters. The highest BCUT2D eigenvalue weighted by molar-refractivity contribution is 5.87. The molecule has 0 radical (unpaired) electrons. The summed E-state index contributed by atoms with van der Waals surface area (Å²) in [5.74, 6) is 0.279. The van der Waals surface area contributed by atoms with Crippen LogP contribution in [0.1, 0.15) is 21.7 Å². The van der Waals surface area contributed by atoms with E-state index in [1.807, 2.05) is 65.3 Å². The van der Waals surface area contributed by atoms with Crippen LogP contribution >= 0.6 is 0 Å². The summed E-state index contributed by atoms with van der Waals surface area (Å²) < 4.78 is 11.9. The van der Waals surface area contributed by atoms with Gasteiger partial charge in [-0.25, -0.2) is 14.3 Å². The predicted octanol–water partition coefficient (Wildman–Crippen LogP) is 3.78. The number of esters is 1. The first-order valence-corrected chi connectivity index (χ1v) is 8.84. The van der Waals surface area contributed by atoms with Crippen molar-refractivity contribution < 1.29 is 14.3 Å². The molecule has 4 rings (SSSR count). The molecule has 0 N–H and O–H groups in total. The Morgan fingerprint density at radius 3 is 2.57 bits per heavy atom. The van der Waals surface area contributed by atoms with E-state index < -0.39 is 5.97 Å². The standard InChI is InChI=1S/C22H19N3O3/c1-27-17-11-12-20-18(13-16-9-6-10-19(23-16)22(26)28-2)21(24-25(20)14-17)15-7-4-3-5-8-15/h3-12,14H,13H2,1-2H3. The number of carbonyl (C=O) groups excluding carboxylic acids is 1. The average molecular weight is 373 g/mol. The maximum atomic E-state index is 11.8. The minimum atomic E-state index is -0.449. The number of methoxy groups -OCH3 is 2. The molecule has 0 atom stereocenters. The van der Waals surface area contributed by atoms with Crippen LogP contribution in [-0.4, -0.2) is 34.8 Å². The zero-order valence-corrected chi connectivity index (χ0v) is 15.6. The van der Waals surface area contributed by atoms with Gasteiger partial charge in [-0.2, -0.15) is 5.10 Å². The lowest BCUT2D eigenvalue weighted by atomic mass is 10.0. The number of pyridine rings is 2. The lowest BCUT2D eigenvalue weighted by Gasteiger charge is -2.06. The molecule has 0 spiro atoms. The molecule has 0 aliphatic heterocycles. The molecule has 0 bridgehead atoms. The van der Waals surface area contributed by atoms with Crippen LogP contribution in [0.2, 0.25) is 0 Å². The normalized spacial score (nSPS) is 10.8. The second-order valence-corrected chi connectivity index (χ2v) is 6.27. The van der Waals surface area contributed by atoms with Gasteiger partial charge in [0.15, 0.2) is 0 Å². The molecule has 1 aromatic carbocycles. The molecule has 28 heavy (non-hydrogen) atoms. The smallest absolute Gasteiger partial charge is 0.356 e.